The first-order chi connectivity index (χ1) is 4.92. The number of fused-ring (bicyclic) bond motifs is 1. The fourth-order valence-corrected chi connectivity index (χ4v) is 1.33. The molecule has 0 aliphatic heterocycles. The third kappa shape index (κ3) is 0.574. The van der Waals surface area contributed by atoms with Gasteiger partial charge in [0.25, 0.3) is 0 Å². The molecular weight excluding hydrogens is 122 g/mol. The van der Waals surface area contributed by atoms with Crippen LogP contribution in [0.25, 0.3) is 5.57 Å². The average Bonchev–Trinajstić information content (AvgIpc) is 1.92. The molecule has 0 fully saturated rings. The van der Waals surface area contributed by atoms with E-state index in [4.69, 9.17) is 5.73 Å². The van der Waals surface area contributed by atoms with Gasteiger partial charge in [-0.2, -0.15) is 0 Å². The van der Waals surface area contributed by atoms with Crippen LogP contribution in [0.15, 0.2) is 30.5 Å². The lowest BCUT2D eigenvalue weighted by Gasteiger charge is -2.21. The second-order valence-electron chi connectivity index (χ2n) is 2.53. The minimum atomic E-state index is 1.05. The van der Waals surface area contributed by atoms with E-state index in [-0.39, 0.29) is 0 Å². The maximum Gasteiger partial charge on any atom is 0.0000544 e. The smallest absolute Gasteiger partial charge is 0.0000544 e. The summed E-state index contributed by atoms with van der Waals surface area (Å²) in [5, 5.41) is 0. The Hall–Kier alpha value is -1.24. The third-order valence-corrected chi connectivity index (χ3v) is 1.95. The third-order valence-electron chi connectivity index (χ3n) is 1.95. The Morgan fingerprint density at radius 1 is 1.30 bits per heavy atom. The van der Waals surface area contributed by atoms with Gasteiger partial charge in [-0.1, -0.05) is 24.3 Å². The van der Waals surface area contributed by atoms with Crippen molar-refractivity contribution < 1.29 is 0 Å². The zero-order chi connectivity index (χ0) is 6.97. The lowest BCUT2D eigenvalue weighted by atomic mass is 9.84. The molecule has 0 spiro atoms. The maximum absolute atomic E-state index is 5.39. The number of nitrogens with two attached hydrogens (primary N) is 1. The molecule has 0 aromatic heterocycles. The van der Waals surface area contributed by atoms with Crippen molar-refractivity contribution in [3.05, 3.63) is 41.6 Å². The molecule has 2 rings (SSSR count). The number of allylic oxidation sites excluding steroid dienone is 1. The van der Waals surface area contributed by atoms with Gasteiger partial charge in [0.1, 0.15) is 0 Å². The van der Waals surface area contributed by atoms with Crippen LogP contribution in [0.5, 0.6) is 0 Å². The van der Waals surface area contributed by atoms with Crippen LogP contribution in [0.3, 0.4) is 0 Å². The molecule has 0 atom stereocenters. The summed E-state index contributed by atoms with van der Waals surface area (Å²) >= 11 is 0. The largest absolute Gasteiger partial charge is 0.404 e. The van der Waals surface area contributed by atoms with E-state index >= 15 is 0 Å². The Bertz CT molecular complexity index is 287. The molecule has 0 bridgehead atoms. The zero-order valence-electron chi connectivity index (χ0n) is 5.67. The van der Waals surface area contributed by atoms with Gasteiger partial charge in [-0.05, 0) is 22.9 Å². The fourth-order valence-electron chi connectivity index (χ4n) is 1.33. The van der Waals surface area contributed by atoms with E-state index in [0.29, 0.717) is 0 Å². The molecule has 1 aromatic rings. The highest BCUT2D eigenvalue weighted by molar-refractivity contribution is 5.78. The van der Waals surface area contributed by atoms with Crippen molar-refractivity contribution in [2.24, 2.45) is 5.73 Å². The van der Waals surface area contributed by atoms with Crippen molar-refractivity contribution in [1.29, 1.82) is 0 Å². The highest BCUT2D eigenvalue weighted by Gasteiger charge is 2.16. The lowest BCUT2D eigenvalue weighted by Crippen LogP contribution is -2.07. The van der Waals surface area contributed by atoms with Gasteiger partial charge in [-0.15, -0.1) is 0 Å². The van der Waals surface area contributed by atoms with Crippen molar-refractivity contribution in [2.45, 2.75) is 6.42 Å². The summed E-state index contributed by atoms with van der Waals surface area (Å²) in [5.74, 6) is 0. The van der Waals surface area contributed by atoms with Crippen molar-refractivity contribution in [1.82, 2.24) is 0 Å². The Labute approximate surface area is 60.2 Å². The first-order valence-electron chi connectivity index (χ1n) is 3.41. The molecule has 0 saturated carbocycles. The van der Waals surface area contributed by atoms with Crippen LogP contribution < -0.4 is 5.73 Å². The summed E-state index contributed by atoms with van der Waals surface area (Å²) in [6, 6.07) is 8.35. The molecule has 1 aliphatic rings. The number of hydrogen-bond acceptors (Lipinski definition) is 1. The number of rotatable bonds is 0. The topological polar surface area (TPSA) is 26.0 Å². The Morgan fingerprint density at radius 2 is 2.10 bits per heavy atom. The monoisotopic (exact) mass is 131 g/mol. The molecule has 1 heteroatoms. The van der Waals surface area contributed by atoms with E-state index in [1.807, 2.05) is 6.07 Å². The zero-order valence-corrected chi connectivity index (χ0v) is 5.67. The van der Waals surface area contributed by atoms with Gasteiger partial charge < -0.3 is 5.73 Å². The van der Waals surface area contributed by atoms with E-state index < -0.39 is 0 Å². The van der Waals surface area contributed by atoms with Crippen LogP contribution in [0.2, 0.25) is 0 Å². The summed E-state index contributed by atoms with van der Waals surface area (Å²) in [4.78, 5) is 0. The summed E-state index contributed by atoms with van der Waals surface area (Å²) in [5.41, 5.74) is 9.40. The highest BCUT2D eigenvalue weighted by atomic mass is 14.5. The number of benzene rings is 1. The molecule has 2 N–H and O–H groups in total. The van der Waals surface area contributed by atoms with Gasteiger partial charge in [-0.25, -0.2) is 0 Å². The van der Waals surface area contributed by atoms with E-state index in [1.165, 1.54) is 16.7 Å². The van der Waals surface area contributed by atoms with Gasteiger partial charge in [0, 0.05) is 6.42 Å². The van der Waals surface area contributed by atoms with Crippen molar-refractivity contribution in [2.75, 3.05) is 0 Å². The Balaban J connectivity index is 2.53. The van der Waals surface area contributed by atoms with Gasteiger partial charge in [0.15, 0.2) is 0 Å². The quantitative estimate of drug-likeness (QED) is 0.568. The van der Waals surface area contributed by atoms with Gasteiger partial charge in [0.2, 0.25) is 0 Å². The van der Waals surface area contributed by atoms with Crippen molar-refractivity contribution in [3.8, 4) is 0 Å². The molecule has 0 unspecified atom stereocenters. The number of hydrogen-bond donors (Lipinski definition) is 1. The van der Waals surface area contributed by atoms with Crippen molar-refractivity contribution >= 4 is 5.57 Å². The predicted octanol–water partition coefficient (Wildman–Crippen LogP) is 1.54. The van der Waals surface area contributed by atoms with Gasteiger partial charge in [0.05, 0.1) is 0 Å². The van der Waals surface area contributed by atoms with E-state index in [0.717, 1.165) is 6.42 Å². The summed E-state index contributed by atoms with van der Waals surface area (Å²) in [6.45, 7) is 0. The summed E-state index contributed by atoms with van der Waals surface area (Å²) in [7, 11) is 0. The van der Waals surface area contributed by atoms with Crippen LogP contribution in [-0.2, 0) is 6.42 Å². The van der Waals surface area contributed by atoms with E-state index in [9.17, 15) is 0 Å². The Morgan fingerprint density at radius 3 is 2.80 bits per heavy atom. The van der Waals surface area contributed by atoms with Crippen LogP contribution in [0, 0.1) is 0 Å². The SMILES string of the molecule is NC=C1Cc2ccccc21. The predicted molar refractivity (Wildman–Crippen MR) is 42.3 cm³/mol. The first-order valence-corrected chi connectivity index (χ1v) is 3.41. The van der Waals surface area contributed by atoms with Crippen LogP contribution >= 0.6 is 0 Å². The minimum absolute atomic E-state index is 1.05. The molecule has 0 heterocycles. The molecular formula is C9H9N. The van der Waals surface area contributed by atoms with E-state index in [1.54, 1.807) is 6.20 Å². The molecule has 0 saturated heterocycles. The normalized spacial score (nSPS) is 18.2. The molecule has 1 nitrogen and oxygen atoms in total. The van der Waals surface area contributed by atoms with Gasteiger partial charge in [-0.3, -0.25) is 0 Å². The summed E-state index contributed by atoms with van der Waals surface area (Å²) in [6.07, 6.45) is 2.75. The average molecular weight is 131 g/mol. The summed E-state index contributed by atoms with van der Waals surface area (Å²) < 4.78 is 0. The second-order valence-corrected chi connectivity index (χ2v) is 2.53. The molecule has 1 aromatic carbocycles. The minimum Gasteiger partial charge on any atom is -0.404 e. The van der Waals surface area contributed by atoms with Crippen LogP contribution in [-0.4, -0.2) is 0 Å². The van der Waals surface area contributed by atoms with Crippen LogP contribution in [0.4, 0.5) is 0 Å². The fraction of sp³-hybridized carbons (Fsp3) is 0.111. The molecule has 1 aliphatic carbocycles. The lowest BCUT2D eigenvalue weighted by molar-refractivity contribution is 1.16. The maximum atomic E-state index is 5.39. The van der Waals surface area contributed by atoms with Gasteiger partial charge >= 0.3 is 0 Å². The highest BCUT2D eigenvalue weighted by Crippen LogP contribution is 2.32. The first kappa shape index (κ1) is 5.54. The second kappa shape index (κ2) is 1.87. The molecule has 50 valence electrons. The standard InChI is InChI=1S/C9H9N/c10-6-8-5-7-3-1-2-4-9(7)8/h1-4,6H,5,10H2. The van der Waals surface area contributed by atoms with E-state index in [2.05, 4.69) is 18.2 Å². The molecule has 0 amide bonds. The molecule has 10 heavy (non-hydrogen) atoms. The van der Waals surface area contributed by atoms with Crippen LogP contribution in [0.1, 0.15) is 11.1 Å². The Kier molecular flexibility index (Phi) is 1.04. The molecule has 0 radical (unpaired) electrons. The van der Waals surface area contributed by atoms with Crippen molar-refractivity contribution in [3.63, 3.8) is 0 Å².